The molecular formula is C17H27FN2. The molecule has 2 rings (SSSR count). The van der Waals surface area contributed by atoms with Crippen molar-refractivity contribution < 1.29 is 4.39 Å². The Morgan fingerprint density at radius 2 is 1.95 bits per heavy atom. The first-order chi connectivity index (χ1) is 9.61. The summed E-state index contributed by atoms with van der Waals surface area (Å²) < 4.78 is 13.1. The van der Waals surface area contributed by atoms with Crippen molar-refractivity contribution in [3.8, 4) is 0 Å². The van der Waals surface area contributed by atoms with Crippen LogP contribution in [0.1, 0.15) is 51.1 Å². The average molecular weight is 278 g/mol. The Hall–Kier alpha value is -0.930. The van der Waals surface area contributed by atoms with Gasteiger partial charge in [-0.1, -0.05) is 26.0 Å². The summed E-state index contributed by atoms with van der Waals surface area (Å²) >= 11 is 0. The maximum absolute atomic E-state index is 13.1. The van der Waals surface area contributed by atoms with Crippen LogP contribution in [0.25, 0.3) is 0 Å². The molecule has 1 fully saturated rings. The first kappa shape index (κ1) is 15.5. The fourth-order valence-corrected chi connectivity index (χ4v) is 3.18. The van der Waals surface area contributed by atoms with E-state index in [0.29, 0.717) is 0 Å². The molecule has 0 aliphatic carbocycles. The van der Waals surface area contributed by atoms with Crippen LogP contribution in [0, 0.1) is 11.7 Å². The Morgan fingerprint density at radius 1 is 1.25 bits per heavy atom. The zero-order valence-electron chi connectivity index (χ0n) is 12.7. The van der Waals surface area contributed by atoms with Gasteiger partial charge in [0.25, 0.3) is 0 Å². The van der Waals surface area contributed by atoms with Crippen molar-refractivity contribution in [1.82, 2.24) is 4.90 Å². The third-order valence-electron chi connectivity index (χ3n) is 4.53. The molecule has 0 radical (unpaired) electrons. The number of likely N-dealkylation sites (tertiary alicyclic amines) is 1. The molecule has 3 unspecified atom stereocenters. The van der Waals surface area contributed by atoms with Gasteiger partial charge in [0.1, 0.15) is 5.82 Å². The third-order valence-corrected chi connectivity index (χ3v) is 4.53. The molecule has 112 valence electrons. The quantitative estimate of drug-likeness (QED) is 0.909. The van der Waals surface area contributed by atoms with Crippen LogP contribution in [-0.4, -0.2) is 24.0 Å². The van der Waals surface area contributed by atoms with Crippen LogP contribution >= 0.6 is 0 Å². The summed E-state index contributed by atoms with van der Waals surface area (Å²) in [6, 6.07) is 7.20. The predicted octanol–water partition coefficient (Wildman–Crippen LogP) is 3.73. The Bertz CT molecular complexity index is 404. The van der Waals surface area contributed by atoms with E-state index < -0.39 is 0 Å². The summed E-state index contributed by atoms with van der Waals surface area (Å²) in [4.78, 5) is 2.50. The molecule has 1 aliphatic heterocycles. The summed E-state index contributed by atoms with van der Waals surface area (Å²) in [5, 5.41) is 0. The molecule has 3 heteroatoms. The average Bonchev–Trinajstić information content (AvgIpc) is 2.66. The van der Waals surface area contributed by atoms with Gasteiger partial charge in [0.05, 0.1) is 0 Å². The van der Waals surface area contributed by atoms with E-state index in [4.69, 9.17) is 5.73 Å². The second kappa shape index (κ2) is 7.19. The van der Waals surface area contributed by atoms with Crippen LogP contribution in [0.15, 0.2) is 24.3 Å². The third kappa shape index (κ3) is 3.80. The minimum atomic E-state index is -0.179. The molecule has 2 nitrogen and oxygen atoms in total. The zero-order valence-corrected chi connectivity index (χ0v) is 12.7. The van der Waals surface area contributed by atoms with Gasteiger partial charge in [-0.15, -0.1) is 0 Å². The summed E-state index contributed by atoms with van der Waals surface area (Å²) in [5.74, 6) is 0.619. The van der Waals surface area contributed by atoms with Gasteiger partial charge in [-0.05, 0) is 62.4 Å². The predicted molar refractivity (Wildman–Crippen MR) is 82.0 cm³/mol. The van der Waals surface area contributed by atoms with Crippen LogP contribution < -0.4 is 5.73 Å². The van der Waals surface area contributed by atoms with E-state index in [1.54, 1.807) is 12.1 Å². The highest BCUT2D eigenvalue weighted by Gasteiger charge is 2.27. The lowest BCUT2D eigenvalue weighted by atomic mass is 9.96. The van der Waals surface area contributed by atoms with Crippen LogP contribution in [-0.2, 0) is 0 Å². The molecule has 0 spiro atoms. The molecule has 2 N–H and O–H groups in total. The maximum atomic E-state index is 13.1. The van der Waals surface area contributed by atoms with E-state index in [2.05, 4.69) is 18.7 Å². The monoisotopic (exact) mass is 278 g/mol. The number of nitrogens with zero attached hydrogens (tertiary/aromatic N) is 1. The maximum Gasteiger partial charge on any atom is 0.123 e. The van der Waals surface area contributed by atoms with Crippen molar-refractivity contribution >= 4 is 0 Å². The van der Waals surface area contributed by atoms with Gasteiger partial charge in [-0.2, -0.15) is 0 Å². The van der Waals surface area contributed by atoms with E-state index in [1.807, 2.05) is 12.1 Å². The van der Waals surface area contributed by atoms with Gasteiger partial charge >= 0.3 is 0 Å². The highest BCUT2D eigenvalue weighted by Crippen LogP contribution is 2.29. The number of benzene rings is 1. The number of rotatable bonds is 4. The van der Waals surface area contributed by atoms with Crippen LogP contribution in [0.5, 0.6) is 0 Å². The molecule has 0 bridgehead atoms. The summed E-state index contributed by atoms with van der Waals surface area (Å²) in [6.45, 7) is 6.65. The van der Waals surface area contributed by atoms with Crippen LogP contribution in [0.3, 0.4) is 0 Å². The van der Waals surface area contributed by atoms with Crippen LogP contribution in [0.2, 0.25) is 0 Å². The molecule has 20 heavy (non-hydrogen) atoms. The smallest absolute Gasteiger partial charge is 0.123 e. The lowest BCUT2D eigenvalue weighted by Gasteiger charge is -2.35. The summed E-state index contributed by atoms with van der Waals surface area (Å²) in [7, 11) is 0. The van der Waals surface area contributed by atoms with Crippen molar-refractivity contribution in [2.75, 3.05) is 13.1 Å². The molecule has 1 saturated heterocycles. The van der Waals surface area contributed by atoms with Gasteiger partial charge < -0.3 is 5.73 Å². The van der Waals surface area contributed by atoms with Gasteiger partial charge in [-0.3, -0.25) is 4.90 Å². The summed E-state index contributed by atoms with van der Waals surface area (Å²) in [6.07, 6.45) is 4.70. The second-order valence-corrected chi connectivity index (χ2v) is 6.14. The highest BCUT2D eigenvalue weighted by atomic mass is 19.1. The SMILES string of the molecule is CCC(N)C(c1ccc(F)cc1)N1CCCC(C)CC1. The zero-order chi connectivity index (χ0) is 14.5. The van der Waals surface area contributed by atoms with Crippen molar-refractivity contribution in [2.24, 2.45) is 11.7 Å². The molecule has 3 atom stereocenters. The minimum Gasteiger partial charge on any atom is -0.326 e. The molecule has 0 saturated carbocycles. The number of nitrogens with two attached hydrogens (primary N) is 1. The van der Waals surface area contributed by atoms with E-state index in [1.165, 1.54) is 19.3 Å². The minimum absolute atomic E-state index is 0.105. The van der Waals surface area contributed by atoms with Crippen molar-refractivity contribution in [3.05, 3.63) is 35.6 Å². The van der Waals surface area contributed by atoms with Gasteiger partial charge in [0.15, 0.2) is 0 Å². The molecule has 1 heterocycles. The van der Waals surface area contributed by atoms with Gasteiger partial charge in [0, 0.05) is 12.1 Å². The Kier molecular flexibility index (Phi) is 5.55. The van der Waals surface area contributed by atoms with E-state index in [9.17, 15) is 4.39 Å². The lowest BCUT2D eigenvalue weighted by molar-refractivity contribution is 0.174. The number of hydrogen-bond acceptors (Lipinski definition) is 2. The Balaban J connectivity index is 2.20. The van der Waals surface area contributed by atoms with Crippen molar-refractivity contribution in [2.45, 2.75) is 51.6 Å². The molecule has 1 aromatic rings. The Morgan fingerprint density at radius 3 is 2.60 bits per heavy atom. The molecular weight excluding hydrogens is 251 g/mol. The number of hydrogen-bond donors (Lipinski definition) is 1. The highest BCUT2D eigenvalue weighted by molar-refractivity contribution is 5.21. The molecule has 0 amide bonds. The van der Waals surface area contributed by atoms with E-state index >= 15 is 0 Å². The first-order valence-electron chi connectivity index (χ1n) is 7.87. The summed E-state index contributed by atoms with van der Waals surface area (Å²) in [5.41, 5.74) is 7.52. The van der Waals surface area contributed by atoms with Crippen molar-refractivity contribution in [1.29, 1.82) is 0 Å². The van der Waals surface area contributed by atoms with Crippen molar-refractivity contribution in [3.63, 3.8) is 0 Å². The van der Waals surface area contributed by atoms with E-state index in [0.717, 1.165) is 31.0 Å². The van der Waals surface area contributed by atoms with Gasteiger partial charge in [-0.25, -0.2) is 4.39 Å². The standard InChI is InChI=1S/C17H27FN2/c1-3-16(19)17(14-6-8-15(18)9-7-14)20-11-4-5-13(2)10-12-20/h6-9,13,16-17H,3-5,10-12,19H2,1-2H3. The first-order valence-corrected chi connectivity index (χ1v) is 7.87. The fourth-order valence-electron chi connectivity index (χ4n) is 3.18. The molecule has 1 aromatic carbocycles. The van der Waals surface area contributed by atoms with Crippen LogP contribution in [0.4, 0.5) is 4.39 Å². The Labute approximate surface area is 122 Å². The number of halogens is 1. The normalized spacial score (nSPS) is 24.1. The molecule has 1 aliphatic rings. The van der Waals surface area contributed by atoms with E-state index in [-0.39, 0.29) is 17.9 Å². The lowest BCUT2D eigenvalue weighted by Crippen LogP contribution is -2.41. The topological polar surface area (TPSA) is 29.3 Å². The largest absolute Gasteiger partial charge is 0.326 e. The molecule has 0 aromatic heterocycles. The fraction of sp³-hybridized carbons (Fsp3) is 0.647. The van der Waals surface area contributed by atoms with Gasteiger partial charge in [0.2, 0.25) is 0 Å². The second-order valence-electron chi connectivity index (χ2n) is 6.14.